The molecule has 1 atom stereocenters. The van der Waals surface area contributed by atoms with Crippen LogP contribution in [-0.4, -0.2) is 11.3 Å². The summed E-state index contributed by atoms with van der Waals surface area (Å²) in [6, 6.07) is 12.0. The molecule has 0 aliphatic heterocycles. The highest BCUT2D eigenvalue weighted by atomic mass is 16.7. The van der Waals surface area contributed by atoms with E-state index < -0.39 is 6.16 Å². The molecule has 1 aliphatic rings. The highest BCUT2D eigenvalue weighted by molar-refractivity contribution is 5.91. The van der Waals surface area contributed by atoms with Crippen molar-refractivity contribution in [1.29, 1.82) is 0 Å². The largest absolute Gasteiger partial charge is 0.506 e. The minimum Gasteiger partial charge on any atom is -0.450 e. The number of benzene rings is 2. The van der Waals surface area contributed by atoms with Gasteiger partial charge >= 0.3 is 6.16 Å². The van der Waals surface area contributed by atoms with Gasteiger partial charge in [-0.05, 0) is 16.3 Å². The Morgan fingerprint density at radius 1 is 1.25 bits per heavy atom. The zero-order chi connectivity index (χ0) is 11.1. The van der Waals surface area contributed by atoms with Gasteiger partial charge in [0.1, 0.15) is 6.10 Å². The summed E-state index contributed by atoms with van der Waals surface area (Å²) in [5, 5.41) is 11.0. The van der Waals surface area contributed by atoms with Crippen molar-refractivity contribution in [3.05, 3.63) is 47.5 Å². The van der Waals surface area contributed by atoms with E-state index in [0.29, 0.717) is 6.42 Å². The van der Waals surface area contributed by atoms with Gasteiger partial charge in [0.2, 0.25) is 0 Å². The van der Waals surface area contributed by atoms with Gasteiger partial charge in [-0.25, -0.2) is 4.79 Å². The SMILES string of the molecule is O=C(O)OC1Cc2cccc3cccc1c23. The maximum atomic E-state index is 10.6. The monoisotopic (exact) mass is 214 g/mol. The van der Waals surface area contributed by atoms with Crippen LogP contribution in [0.25, 0.3) is 10.8 Å². The van der Waals surface area contributed by atoms with E-state index in [0.717, 1.165) is 16.3 Å². The third kappa shape index (κ3) is 1.25. The first-order chi connectivity index (χ1) is 7.75. The first-order valence-electron chi connectivity index (χ1n) is 5.16. The Hall–Kier alpha value is -2.03. The average Bonchev–Trinajstić information content (AvgIpc) is 2.59. The molecule has 3 nitrogen and oxygen atoms in total. The molecule has 0 aromatic heterocycles. The molecule has 1 unspecified atom stereocenters. The molecule has 2 aromatic rings. The lowest BCUT2D eigenvalue weighted by Gasteiger charge is -2.09. The van der Waals surface area contributed by atoms with E-state index in [1.165, 1.54) is 5.56 Å². The molecule has 2 aromatic carbocycles. The number of hydrogen-bond donors (Lipinski definition) is 1. The van der Waals surface area contributed by atoms with Crippen LogP contribution in [0.15, 0.2) is 36.4 Å². The predicted molar refractivity (Wildman–Crippen MR) is 59.5 cm³/mol. The van der Waals surface area contributed by atoms with Crippen molar-refractivity contribution >= 4 is 16.9 Å². The van der Waals surface area contributed by atoms with E-state index in [1.807, 2.05) is 36.4 Å². The van der Waals surface area contributed by atoms with Crippen molar-refractivity contribution in [2.24, 2.45) is 0 Å². The van der Waals surface area contributed by atoms with Crippen LogP contribution in [0.4, 0.5) is 4.79 Å². The zero-order valence-corrected chi connectivity index (χ0v) is 8.51. The van der Waals surface area contributed by atoms with Crippen LogP contribution in [0.5, 0.6) is 0 Å². The highest BCUT2D eigenvalue weighted by Gasteiger charge is 2.26. The Kier molecular flexibility index (Phi) is 1.86. The molecular weight excluding hydrogens is 204 g/mol. The van der Waals surface area contributed by atoms with Crippen LogP contribution in [0.2, 0.25) is 0 Å². The van der Waals surface area contributed by atoms with Crippen molar-refractivity contribution in [1.82, 2.24) is 0 Å². The molecule has 0 heterocycles. The fourth-order valence-corrected chi connectivity index (χ4v) is 2.42. The molecule has 0 spiro atoms. The Morgan fingerprint density at radius 2 is 2.00 bits per heavy atom. The number of carboxylic acid groups (broad SMARTS) is 1. The van der Waals surface area contributed by atoms with Gasteiger partial charge < -0.3 is 9.84 Å². The molecule has 1 N–H and O–H groups in total. The van der Waals surface area contributed by atoms with E-state index in [-0.39, 0.29) is 6.10 Å². The summed E-state index contributed by atoms with van der Waals surface area (Å²) >= 11 is 0. The van der Waals surface area contributed by atoms with E-state index in [4.69, 9.17) is 9.84 Å². The quantitative estimate of drug-likeness (QED) is 0.742. The summed E-state index contributed by atoms with van der Waals surface area (Å²) in [6.07, 6.45) is -0.920. The topological polar surface area (TPSA) is 46.5 Å². The van der Waals surface area contributed by atoms with Gasteiger partial charge in [0.05, 0.1) is 0 Å². The van der Waals surface area contributed by atoms with Crippen LogP contribution in [0, 0.1) is 0 Å². The molecule has 0 fully saturated rings. The smallest absolute Gasteiger partial charge is 0.450 e. The van der Waals surface area contributed by atoms with Crippen molar-refractivity contribution in [3.63, 3.8) is 0 Å². The highest BCUT2D eigenvalue weighted by Crippen LogP contribution is 2.38. The third-order valence-electron chi connectivity index (χ3n) is 3.02. The number of ether oxygens (including phenoxy) is 1. The molecular formula is C13H10O3. The zero-order valence-electron chi connectivity index (χ0n) is 8.51. The van der Waals surface area contributed by atoms with E-state index in [9.17, 15) is 4.79 Å². The summed E-state index contributed by atoms with van der Waals surface area (Å²) < 4.78 is 4.90. The molecule has 80 valence electrons. The van der Waals surface area contributed by atoms with Crippen molar-refractivity contribution in [2.75, 3.05) is 0 Å². The van der Waals surface area contributed by atoms with E-state index in [2.05, 4.69) is 0 Å². The van der Waals surface area contributed by atoms with E-state index >= 15 is 0 Å². The van der Waals surface area contributed by atoms with E-state index in [1.54, 1.807) is 0 Å². The first kappa shape index (κ1) is 9.21. The molecule has 16 heavy (non-hydrogen) atoms. The van der Waals surface area contributed by atoms with Crippen molar-refractivity contribution in [3.8, 4) is 0 Å². The number of hydrogen-bond acceptors (Lipinski definition) is 2. The summed E-state index contributed by atoms with van der Waals surface area (Å²) in [7, 11) is 0. The predicted octanol–water partition coefficient (Wildman–Crippen LogP) is 3.13. The molecule has 0 radical (unpaired) electrons. The minimum absolute atomic E-state index is 0.349. The normalized spacial score (nSPS) is 17.6. The Balaban J connectivity index is 2.17. The summed E-state index contributed by atoms with van der Waals surface area (Å²) in [4.78, 5) is 10.6. The Labute approximate surface area is 92.3 Å². The van der Waals surface area contributed by atoms with Gasteiger partial charge in [0, 0.05) is 12.0 Å². The van der Waals surface area contributed by atoms with Gasteiger partial charge in [-0.15, -0.1) is 0 Å². The molecule has 3 rings (SSSR count). The number of rotatable bonds is 1. The number of carbonyl (C=O) groups is 1. The second kappa shape index (κ2) is 3.23. The van der Waals surface area contributed by atoms with Gasteiger partial charge in [0.15, 0.2) is 0 Å². The first-order valence-corrected chi connectivity index (χ1v) is 5.16. The second-order valence-electron chi connectivity index (χ2n) is 3.94. The standard InChI is InChI=1S/C13H10O3/c14-13(15)16-11-7-9-5-1-3-8-4-2-6-10(11)12(8)9/h1-6,11H,7H2,(H,14,15). The lowest BCUT2D eigenvalue weighted by Crippen LogP contribution is -2.07. The van der Waals surface area contributed by atoms with Crippen molar-refractivity contribution < 1.29 is 14.6 Å². The maximum absolute atomic E-state index is 10.6. The molecule has 0 saturated heterocycles. The lowest BCUT2D eigenvalue weighted by atomic mass is 10.1. The fraction of sp³-hybridized carbons (Fsp3) is 0.154. The summed E-state index contributed by atoms with van der Waals surface area (Å²) in [6.45, 7) is 0. The summed E-state index contributed by atoms with van der Waals surface area (Å²) in [5.41, 5.74) is 2.15. The minimum atomic E-state index is -1.21. The second-order valence-corrected chi connectivity index (χ2v) is 3.94. The fourth-order valence-electron chi connectivity index (χ4n) is 2.42. The van der Waals surface area contributed by atoms with Crippen molar-refractivity contribution in [2.45, 2.75) is 12.5 Å². The van der Waals surface area contributed by atoms with Crippen LogP contribution < -0.4 is 0 Å². The lowest BCUT2D eigenvalue weighted by molar-refractivity contribution is 0.0538. The summed E-state index contributed by atoms with van der Waals surface area (Å²) in [5.74, 6) is 0. The van der Waals surface area contributed by atoms with Crippen LogP contribution in [-0.2, 0) is 11.2 Å². The molecule has 0 amide bonds. The van der Waals surface area contributed by atoms with Crippen LogP contribution >= 0.6 is 0 Å². The molecule has 3 heteroatoms. The molecule has 0 saturated carbocycles. The van der Waals surface area contributed by atoms with Gasteiger partial charge in [-0.3, -0.25) is 0 Å². The third-order valence-corrected chi connectivity index (χ3v) is 3.02. The molecule has 1 aliphatic carbocycles. The molecule has 0 bridgehead atoms. The maximum Gasteiger partial charge on any atom is 0.506 e. The Morgan fingerprint density at radius 3 is 2.75 bits per heavy atom. The average molecular weight is 214 g/mol. The van der Waals surface area contributed by atoms with Crippen LogP contribution in [0.3, 0.4) is 0 Å². The van der Waals surface area contributed by atoms with Gasteiger partial charge in [0.25, 0.3) is 0 Å². The Bertz CT molecular complexity index is 569. The van der Waals surface area contributed by atoms with Gasteiger partial charge in [-0.2, -0.15) is 0 Å². The van der Waals surface area contributed by atoms with Crippen LogP contribution in [0.1, 0.15) is 17.2 Å². The van der Waals surface area contributed by atoms with Gasteiger partial charge in [-0.1, -0.05) is 36.4 Å².